The van der Waals surface area contributed by atoms with Gasteiger partial charge in [0.1, 0.15) is 0 Å². The van der Waals surface area contributed by atoms with Gasteiger partial charge in [-0.3, -0.25) is 4.79 Å². The van der Waals surface area contributed by atoms with Crippen molar-refractivity contribution < 1.29 is 4.79 Å². The third-order valence-corrected chi connectivity index (χ3v) is 4.34. The third kappa shape index (κ3) is 4.64. The molecule has 1 heterocycles. The van der Waals surface area contributed by atoms with Crippen LogP contribution in [0.15, 0.2) is 24.3 Å². The van der Waals surface area contributed by atoms with E-state index < -0.39 is 0 Å². The van der Waals surface area contributed by atoms with Crippen molar-refractivity contribution in [3.05, 3.63) is 35.4 Å². The summed E-state index contributed by atoms with van der Waals surface area (Å²) in [7, 11) is 0. The van der Waals surface area contributed by atoms with E-state index in [-0.39, 0.29) is 5.91 Å². The van der Waals surface area contributed by atoms with Crippen LogP contribution in [0.3, 0.4) is 0 Å². The number of primary amides is 1. The zero-order valence-corrected chi connectivity index (χ0v) is 12.5. The number of carbonyl (C=O) groups is 1. The second-order valence-electron chi connectivity index (χ2n) is 5.88. The molecule has 0 bridgehead atoms. The summed E-state index contributed by atoms with van der Waals surface area (Å²) in [6.45, 7) is 5.51. The lowest BCUT2D eigenvalue weighted by Crippen LogP contribution is -2.36. The molecule has 1 amide bonds. The Morgan fingerprint density at radius 1 is 1.20 bits per heavy atom. The van der Waals surface area contributed by atoms with Crippen LogP contribution in [-0.2, 0) is 17.6 Å². The first-order valence-electron chi connectivity index (χ1n) is 7.76. The van der Waals surface area contributed by atoms with E-state index in [2.05, 4.69) is 36.1 Å². The number of carbonyl (C=O) groups excluding carboxylic acids is 1. The van der Waals surface area contributed by atoms with E-state index in [0.29, 0.717) is 12.3 Å². The highest BCUT2D eigenvalue weighted by Crippen LogP contribution is 2.20. The molecule has 3 heteroatoms. The van der Waals surface area contributed by atoms with Crippen molar-refractivity contribution in [2.24, 2.45) is 11.7 Å². The van der Waals surface area contributed by atoms with Crippen LogP contribution in [0.1, 0.15) is 37.3 Å². The summed E-state index contributed by atoms with van der Waals surface area (Å²) in [5.41, 5.74) is 8.09. The lowest BCUT2D eigenvalue weighted by atomic mass is 9.93. The molecule has 0 aliphatic carbocycles. The van der Waals surface area contributed by atoms with E-state index in [9.17, 15) is 4.79 Å². The molecule has 1 aliphatic rings. The summed E-state index contributed by atoms with van der Waals surface area (Å²) < 4.78 is 0. The minimum Gasteiger partial charge on any atom is -0.370 e. The predicted octanol–water partition coefficient (Wildman–Crippen LogP) is 2.38. The molecule has 0 radical (unpaired) electrons. The number of aryl methyl sites for hydroxylation is 1. The van der Waals surface area contributed by atoms with Crippen LogP contribution >= 0.6 is 0 Å². The summed E-state index contributed by atoms with van der Waals surface area (Å²) in [5.74, 6) is 0.354. The normalized spacial score (nSPS) is 17.2. The Balaban J connectivity index is 1.71. The SMILES string of the molecule is CCc1ccc(CCN2CCC(CC(N)=O)CC2)cc1. The number of amides is 1. The fourth-order valence-electron chi connectivity index (χ4n) is 2.93. The number of benzene rings is 1. The minimum atomic E-state index is -0.153. The maximum atomic E-state index is 10.9. The van der Waals surface area contributed by atoms with Crippen LogP contribution in [0.25, 0.3) is 0 Å². The first-order valence-corrected chi connectivity index (χ1v) is 7.76. The maximum Gasteiger partial charge on any atom is 0.217 e. The molecule has 0 saturated carbocycles. The van der Waals surface area contributed by atoms with E-state index in [1.54, 1.807) is 0 Å². The highest BCUT2D eigenvalue weighted by Gasteiger charge is 2.20. The molecule has 1 saturated heterocycles. The van der Waals surface area contributed by atoms with Crippen molar-refractivity contribution in [1.29, 1.82) is 0 Å². The Morgan fingerprint density at radius 2 is 1.80 bits per heavy atom. The molecule has 0 atom stereocenters. The topological polar surface area (TPSA) is 46.3 Å². The molecule has 0 unspecified atom stereocenters. The second kappa shape index (κ2) is 7.44. The highest BCUT2D eigenvalue weighted by molar-refractivity contribution is 5.73. The average Bonchev–Trinajstić information content (AvgIpc) is 2.46. The van der Waals surface area contributed by atoms with Gasteiger partial charge in [0.2, 0.25) is 5.91 Å². The van der Waals surface area contributed by atoms with Gasteiger partial charge in [0.15, 0.2) is 0 Å². The maximum absolute atomic E-state index is 10.9. The highest BCUT2D eigenvalue weighted by atomic mass is 16.1. The number of hydrogen-bond donors (Lipinski definition) is 1. The van der Waals surface area contributed by atoms with Crippen LogP contribution < -0.4 is 5.73 Å². The number of nitrogens with two attached hydrogens (primary N) is 1. The van der Waals surface area contributed by atoms with Crippen LogP contribution in [0.2, 0.25) is 0 Å². The summed E-state index contributed by atoms with van der Waals surface area (Å²) >= 11 is 0. The zero-order chi connectivity index (χ0) is 14.4. The molecule has 20 heavy (non-hydrogen) atoms. The Bertz CT molecular complexity index is 419. The fourth-order valence-corrected chi connectivity index (χ4v) is 2.93. The largest absolute Gasteiger partial charge is 0.370 e. The van der Waals surface area contributed by atoms with Crippen molar-refractivity contribution in [3.63, 3.8) is 0 Å². The van der Waals surface area contributed by atoms with Crippen molar-refractivity contribution in [1.82, 2.24) is 4.90 Å². The van der Waals surface area contributed by atoms with Gasteiger partial charge >= 0.3 is 0 Å². The number of piperidine rings is 1. The van der Waals surface area contributed by atoms with Crippen molar-refractivity contribution in [2.75, 3.05) is 19.6 Å². The molecule has 2 rings (SSSR count). The summed E-state index contributed by atoms with van der Waals surface area (Å²) in [6.07, 6.45) is 5.00. The van der Waals surface area contributed by atoms with E-state index >= 15 is 0 Å². The number of hydrogen-bond acceptors (Lipinski definition) is 2. The molecule has 2 N–H and O–H groups in total. The lowest BCUT2D eigenvalue weighted by molar-refractivity contribution is -0.119. The average molecular weight is 274 g/mol. The predicted molar refractivity (Wildman–Crippen MR) is 82.5 cm³/mol. The summed E-state index contributed by atoms with van der Waals surface area (Å²) in [5, 5.41) is 0. The molecule has 0 spiro atoms. The first kappa shape index (κ1) is 15.0. The van der Waals surface area contributed by atoms with E-state index in [4.69, 9.17) is 5.73 Å². The standard InChI is InChI=1S/C17H26N2O/c1-2-14-3-5-15(6-4-14)7-10-19-11-8-16(9-12-19)13-17(18)20/h3-6,16H,2,7-13H2,1H3,(H2,18,20). The quantitative estimate of drug-likeness (QED) is 0.865. The number of rotatable bonds is 6. The Kier molecular flexibility index (Phi) is 5.60. The molecule has 110 valence electrons. The summed E-state index contributed by atoms with van der Waals surface area (Å²) in [4.78, 5) is 13.4. The molecular weight excluding hydrogens is 248 g/mol. The first-order chi connectivity index (χ1) is 9.67. The number of likely N-dealkylation sites (tertiary alicyclic amines) is 1. The molecule has 1 aliphatic heterocycles. The van der Waals surface area contributed by atoms with E-state index in [1.165, 1.54) is 11.1 Å². The van der Waals surface area contributed by atoms with Gasteiger partial charge < -0.3 is 10.6 Å². The zero-order valence-electron chi connectivity index (χ0n) is 12.5. The van der Waals surface area contributed by atoms with Crippen LogP contribution in [-0.4, -0.2) is 30.4 Å². The van der Waals surface area contributed by atoms with Crippen molar-refractivity contribution in [2.45, 2.75) is 39.0 Å². The fraction of sp³-hybridized carbons (Fsp3) is 0.588. The second-order valence-corrected chi connectivity index (χ2v) is 5.88. The van der Waals surface area contributed by atoms with Gasteiger partial charge in [-0.25, -0.2) is 0 Å². The van der Waals surface area contributed by atoms with Gasteiger partial charge in [0, 0.05) is 13.0 Å². The molecular formula is C17H26N2O. The van der Waals surface area contributed by atoms with Gasteiger partial charge in [0.25, 0.3) is 0 Å². The summed E-state index contributed by atoms with van der Waals surface area (Å²) in [6, 6.07) is 8.96. The van der Waals surface area contributed by atoms with Gasteiger partial charge in [-0.2, -0.15) is 0 Å². The minimum absolute atomic E-state index is 0.153. The molecule has 0 aromatic heterocycles. The van der Waals surface area contributed by atoms with Crippen molar-refractivity contribution in [3.8, 4) is 0 Å². The molecule has 1 aromatic carbocycles. The van der Waals surface area contributed by atoms with Gasteiger partial charge in [-0.1, -0.05) is 31.2 Å². The monoisotopic (exact) mass is 274 g/mol. The van der Waals surface area contributed by atoms with Gasteiger partial charge in [0.05, 0.1) is 0 Å². The van der Waals surface area contributed by atoms with Gasteiger partial charge in [-0.05, 0) is 55.8 Å². The van der Waals surface area contributed by atoms with Crippen LogP contribution in [0.4, 0.5) is 0 Å². The third-order valence-electron chi connectivity index (χ3n) is 4.34. The number of nitrogens with zero attached hydrogens (tertiary/aromatic N) is 1. The van der Waals surface area contributed by atoms with Crippen LogP contribution in [0.5, 0.6) is 0 Å². The molecule has 1 fully saturated rings. The molecule has 1 aromatic rings. The van der Waals surface area contributed by atoms with Gasteiger partial charge in [-0.15, -0.1) is 0 Å². The molecule has 3 nitrogen and oxygen atoms in total. The van der Waals surface area contributed by atoms with E-state index in [1.807, 2.05) is 0 Å². The van der Waals surface area contributed by atoms with Crippen molar-refractivity contribution >= 4 is 5.91 Å². The Hall–Kier alpha value is -1.35. The van der Waals surface area contributed by atoms with Crippen LogP contribution in [0, 0.1) is 5.92 Å². The Labute approximate surface area is 122 Å². The smallest absolute Gasteiger partial charge is 0.217 e. The Morgan fingerprint density at radius 3 is 2.35 bits per heavy atom. The van der Waals surface area contributed by atoms with E-state index in [0.717, 1.165) is 45.3 Å². The lowest BCUT2D eigenvalue weighted by Gasteiger charge is -2.31.